The second-order valence-corrected chi connectivity index (χ2v) is 5.22. The highest BCUT2D eigenvalue weighted by molar-refractivity contribution is 5.42. The van der Waals surface area contributed by atoms with Crippen molar-refractivity contribution in [1.29, 1.82) is 5.26 Å². The maximum atomic E-state index is 9.81. The molecule has 20 heavy (non-hydrogen) atoms. The zero-order chi connectivity index (χ0) is 14.4. The van der Waals surface area contributed by atoms with Crippen LogP contribution in [0.15, 0.2) is 24.3 Å². The Kier molecular flexibility index (Phi) is 5.36. The van der Waals surface area contributed by atoms with Gasteiger partial charge in [-0.2, -0.15) is 5.26 Å². The molecule has 1 aliphatic rings. The molecule has 0 saturated heterocycles. The number of nitrogens with zero attached hydrogens (tertiary/aromatic N) is 1. The second-order valence-electron chi connectivity index (χ2n) is 5.22. The average molecular weight is 276 g/mol. The molecule has 0 aliphatic heterocycles. The molecule has 0 bridgehead atoms. The van der Waals surface area contributed by atoms with Crippen LogP contribution in [-0.4, -0.2) is 42.1 Å². The summed E-state index contributed by atoms with van der Waals surface area (Å²) in [7, 11) is 0. The fraction of sp³-hybridized carbons (Fsp3) is 0.533. The lowest BCUT2D eigenvalue weighted by Gasteiger charge is -2.31. The Morgan fingerprint density at radius 2 is 2.15 bits per heavy atom. The maximum absolute atomic E-state index is 9.81. The number of para-hydroxylation sites is 1. The van der Waals surface area contributed by atoms with E-state index in [0.717, 1.165) is 19.4 Å². The molecular formula is C15H20N2O3. The Balaban J connectivity index is 1.64. The van der Waals surface area contributed by atoms with E-state index in [9.17, 15) is 5.11 Å². The van der Waals surface area contributed by atoms with Gasteiger partial charge in [0.25, 0.3) is 0 Å². The lowest BCUT2D eigenvalue weighted by Crippen LogP contribution is -2.39. The summed E-state index contributed by atoms with van der Waals surface area (Å²) in [6, 6.07) is 9.02. The molecule has 1 saturated carbocycles. The van der Waals surface area contributed by atoms with Gasteiger partial charge in [-0.05, 0) is 37.4 Å². The van der Waals surface area contributed by atoms with Crippen LogP contribution < -0.4 is 10.1 Å². The molecule has 0 radical (unpaired) electrons. The first-order valence-corrected chi connectivity index (χ1v) is 6.87. The van der Waals surface area contributed by atoms with E-state index in [-0.39, 0.29) is 12.7 Å². The standard InChI is InChI=1S/C15H20N2O3/c16-7-12-3-1-2-4-15(12)20-10-14(19)9-17-8-11-5-13(18)6-11/h1-4,11,13-14,17-19H,5-6,8-10H2. The molecule has 1 aromatic rings. The van der Waals surface area contributed by atoms with Gasteiger partial charge >= 0.3 is 0 Å². The lowest BCUT2D eigenvalue weighted by atomic mass is 9.82. The molecule has 1 fully saturated rings. The molecule has 108 valence electrons. The van der Waals surface area contributed by atoms with Gasteiger partial charge in [0.1, 0.15) is 24.5 Å². The third-order valence-corrected chi connectivity index (χ3v) is 3.46. The summed E-state index contributed by atoms with van der Waals surface area (Å²) in [6.45, 7) is 1.41. The molecule has 1 atom stereocenters. The Labute approximate surface area is 118 Å². The van der Waals surface area contributed by atoms with Gasteiger partial charge in [-0.3, -0.25) is 0 Å². The summed E-state index contributed by atoms with van der Waals surface area (Å²) in [5.41, 5.74) is 0.469. The first kappa shape index (κ1) is 14.8. The van der Waals surface area contributed by atoms with Crippen LogP contribution in [0.5, 0.6) is 5.75 Å². The summed E-state index contributed by atoms with van der Waals surface area (Å²) in [4.78, 5) is 0. The van der Waals surface area contributed by atoms with Gasteiger partial charge in [-0.1, -0.05) is 12.1 Å². The van der Waals surface area contributed by atoms with Crippen molar-refractivity contribution in [3.8, 4) is 11.8 Å². The van der Waals surface area contributed by atoms with Crippen molar-refractivity contribution in [2.75, 3.05) is 19.7 Å². The smallest absolute Gasteiger partial charge is 0.137 e. The predicted octanol–water partition coefficient (Wildman–Crippen LogP) is 0.658. The number of aliphatic hydroxyl groups is 2. The molecule has 0 spiro atoms. The van der Waals surface area contributed by atoms with Crippen LogP contribution in [0, 0.1) is 17.2 Å². The van der Waals surface area contributed by atoms with Gasteiger partial charge in [-0.25, -0.2) is 0 Å². The Bertz CT molecular complexity index is 466. The number of hydrogen-bond donors (Lipinski definition) is 3. The minimum absolute atomic E-state index is 0.141. The average Bonchev–Trinajstić information content (AvgIpc) is 2.43. The molecule has 5 heteroatoms. The number of aliphatic hydroxyl groups excluding tert-OH is 2. The molecule has 3 N–H and O–H groups in total. The SMILES string of the molecule is N#Cc1ccccc1OCC(O)CNCC1CC(O)C1. The van der Waals surface area contributed by atoms with Gasteiger partial charge in [0.05, 0.1) is 11.7 Å². The van der Waals surface area contributed by atoms with Crippen LogP contribution in [0.1, 0.15) is 18.4 Å². The van der Waals surface area contributed by atoms with Crippen LogP contribution in [0.4, 0.5) is 0 Å². The second kappa shape index (κ2) is 7.25. The minimum atomic E-state index is -0.619. The molecule has 1 unspecified atom stereocenters. The van der Waals surface area contributed by atoms with E-state index >= 15 is 0 Å². The van der Waals surface area contributed by atoms with Crippen molar-refractivity contribution >= 4 is 0 Å². The van der Waals surface area contributed by atoms with Crippen molar-refractivity contribution in [2.24, 2.45) is 5.92 Å². The van der Waals surface area contributed by atoms with E-state index in [0.29, 0.717) is 23.8 Å². The van der Waals surface area contributed by atoms with Gasteiger partial charge in [0.2, 0.25) is 0 Å². The monoisotopic (exact) mass is 276 g/mol. The maximum Gasteiger partial charge on any atom is 0.137 e. The first-order chi connectivity index (χ1) is 9.69. The van der Waals surface area contributed by atoms with Gasteiger partial charge in [0, 0.05) is 6.54 Å². The highest BCUT2D eigenvalue weighted by atomic mass is 16.5. The Hall–Kier alpha value is -1.61. The van der Waals surface area contributed by atoms with Crippen molar-refractivity contribution in [3.05, 3.63) is 29.8 Å². The molecule has 2 rings (SSSR count). The summed E-state index contributed by atoms with van der Waals surface area (Å²) < 4.78 is 5.45. The normalized spacial score (nSPS) is 22.6. The fourth-order valence-corrected chi connectivity index (χ4v) is 2.25. The first-order valence-electron chi connectivity index (χ1n) is 6.87. The number of benzene rings is 1. The van der Waals surface area contributed by atoms with Crippen LogP contribution in [0.3, 0.4) is 0 Å². The van der Waals surface area contributed by atoms with Crippen LogP contribution in [0.25, 0.3) is 0 Å². The van der Waals surface area contributed by atoms with E-state index in [1.54, 1.807) is 24.3 Å². The van der Waals surface area contributed by atoms with Crippen molar-refractivity contribution < 1.29 is 14.9 Å². The summed E-state index contributed by atoms with van der Waals surface area (Å²) in [5, 5.41) is 31.1. The lowest BCUT2D eigenvalue weighted by molar-refractivity contribution is 0.0400. The van der Waals surface area contributed by atoms with Gasteiger partial charge < -0.3 is 20.3 Å². The molecule has 1 aliphatic carbocycles. The summed E-state index contributed by atoms with van der Waals surface area (Å²) >= 11 is 0. The highest BCUT2D eigenvalue weighted by Gasteiger charge is 2.26. The van der Waals surface area contributed by atoms with E-state index < -0.39 is 6.10 Å². The topological polar surface area (TPSA) is 85.5 Å². The third-order valence-electron chi connectivity index (χ3n) is 3.46. The fourth-order valence-electron chi connectivity index (χ4n) is 2.25. The van der Waals surface area contributed by atoms with E-state index in [4.69, 9.17) is 15.1 Å². The third kappa shape index (κ3) is 4.20. The minimum Gasteiger partial charge on any atom is -0.489 e. The van der Waals surface area contributed by atoms with Crippen molar-refractivity contribution in [1.82, 2.24) is 5.32 Å². The van der Waals surface area contributed by atoms with Crippen molar-refractivity contribution in [3.63, 3.8) is 0 Å². The molecule has 1 aromatic carbocycles. The summed E-state index contributed by atoms with van der Waals surface area (Å²) in [6.07, 6.45) is 0.925. The molecule has 0 aromatic heterocycles. The number of hydrogen-bond acceptors (Lipinski definition) is 5. The van der Waals surface area contributed by atoms with E-state index in [2.05, 4.69) is 11.4 Å². The molecule has 0 heterocycles. The number of nitriles is 1. The Morgan fingerprint density at radius 3 is 2.85 bits per heavy atom. The zero-order valence-electron chi connectivity index (χ0n) is 11.3. The number of ether oxygens (including phenoxy) is 1. The van der Waals surface area contributed by atoms with Gasteiger partial charge in [-0.15, -0.1) is 0 Å². The molecule has 0 amide bonds. The predicted molar refractivity (Wildman–Crippen MR) is 74.3 cm³/mol. The molecular weight excluding hydrogens is 256 g/mol. The van der Waals surface area contributed by atoms with Crippen LogP contribution in [-0.2, 0) is 0 Å². The van der Waals surface area contributed by atoms with Crippen LogP contribution >= 0.6 is 0 Å². The largest absolute Gasteiger partial charge is 0.489 e. The molecule has 5 nitrogen and oxygen atoms in total. The zero-order valence-corrected chi connectivity index (χ0v) is 11.3. The highest BCUT2D eigenvalue weighted by Crippen LogP contribution is 2.26. The summed E-state index contributed by atoms with van der Waals surface area (Å²) in [5.74, 6) is 1.01. The Morgan fingerprint density at radius 1 is 1.40 bits per heavy atom. The van der Waals surface area contributed by atoms with Crippen LogP contribution in [0.2, 0.25) is 0 Å². The number of rotatable bonds is 7. The van der Waals surface area contributed by atoms with E-state index in [1.165, 1.54) is 0 Å². The number of nitrogens with one attached hydrogen (secondary N) is 1. The quantitative estimate of drug-likeness (QED) is 0.681. The van der Waals surface area contributed by atoms with E-state index in [1.807, 2.05) is 0 Å². The van der Waals surface area contributed by atoms with Crippen molar-refractivity contribution in [2.45, 2.75) is 25.0 Å². The van der Waals surface area contributed by atoms with Gasteiger partial charge in [0.15, 0.2) is 0 Å².